The Morgan fingerprint density at radius 3 is 2.36 bits per heavy atom. The van der Waals surface area contributed by atoms with Crippen molar-refractivity contribution in [2.75, 3.05) is 0 Å². The van der Waals surface area contributed by atoms with E-state index in [0.717, 1.165) is 44.5 Å². The third-order valence-corrected chi connectivity index (χ3v) is 7.64. The van der Waals surface area contributed by atoms with Crippen molar-refractivity contribution in [1.82, 2.24) is 9.71 Å². The molecule has 0 saturated carbocycles. The molecule has 3 aromatic carbocycles. The van der Waals surface area contributed by atoms with Gasteiger partial charge >= 0.3 is 0 Å². The van der Waals surface area contributed by atoms with Crippen LogP contribution in [-0.2, 0) is 23.1 Å². The highest BCUT2D eigenvalue weighted by molar-refractivity contribution is 7.89. The fourth-order valence-corrected chi connectivity index (χ4v) is 6.22. The van der Waals surface area contributed by atoms with Crippen molar-refractivity contribution in [3.8, 4) is 5.75 Å². The summed E-state index contributed by atoms with van der Waals surface area (Å²) in [6, 6.07) is 19.5. The van der Waals surface area contributed by atoms with Crippen LogP contribution in [0.1, 0.15) is 34.7 Å². The lowest BCUT2D eigenvalue weighted by Gasteiger charge is -2.18. The van der Waals surface area contributed by atoms with Crippen molar-refractivity contribution in [2.45, 2.75) is 51.7 Å². The molecule has 0 saturated heterocycles. The van der Waals surface area contributed by atoms with Crippen LogP contribution in [-0.4, -0.2) is 19.4 Å². The van der Waals surface area contributed by atoms with Crippen LogP contribution in [0.25, 0.3) is 10.9 Å². The molecule has 4 aromatic rings. The van der Waals surface area contributed by atoms with Gasteiger partial charge in [-0.25, -0.2) is 13.1 Å². The molecule has 0 amide bonds. The zero-order valence-corrected chi connectivity index (χ0v) is 20.3. The third kappa shape index (κ3) is 5.13. The Balaban J connectivity index is 1.55. The summed E-state index contributed by atoms with van der Waals surface area (Å²) in [5.41, 5.74) is 5.65. The molecule has 0 aliphatic heterocycles. The van der Waals surface area contributed by atoms with Gasteiger partial charge < -0.3 is 9.72 Å². The van der Waals surface area contributed by atoms with Gasteiger partial charge in [-0.1, -0.05) is 54.1 Å². The number of ether oxygens (including phenoxy) is 1. The molecule has 1 atom stereocenters. The van der Waals surface area contributed by atoms with Gasteiger partial charge in [-0.05, 0) is 68.5 Å². The number of aromatic amines is 1. The lowest BCUT2D eigenvalue weighted by molar-refractivity contribution is 0.310. The molecule has 33 heavy (non-hydrogen) atoms. The predicted molar refractivity (Wildman–Crippen MR) is 133 cm³/mol. The van der Waals surface area contributed by atoms with E-state index in [1.165, 1.54) is 0 Å². The first-order valence-corrected chi connectivity index (χ1v) is 12.6. The first-order chi connectivity index (χ1) is 15.7. The number of rotatable bonds is 8. The quantitative estimate of drug-likeness (QED) is 0.359. The average Bonchev–Trinajstić information content (AvgIpc) is 3.14. The van der Waals surface area contributed by atoms with Gasteiger partial charge in [0.2, 0.25) is 10.0 Å². The summed E-state index contributed by atoms with van der Waals surface area (Å²) >= 11 is 0. The number of aryl methyl sites for hydroxylation is 3. The van der Waals surface area contributed by atoms with Crippen LogP contribution in [0.3, 0.4) is 0 Å². The SMILES string of the molecule is Cc1cc(C)c(S(=O)(=O)NC(C)Cc2c[nH]c3cccc(OCc4ccccc4)c23)c(C)c1. The van der Waals surface area contributed by atoms with Gasteiger partial charge in [-0.3, -0.25) is 0 Å². The molecule has 0 bridgehead atoms. The second-order valence-electron chi connectivity index (χ2n) is 8.72. The van der Waals surface area contributed by atoms with Crippen LogP contribution in [0, 0.1) is 20.8 Å². The molecule has 6 heteroatoms. The van der Waals surface area contributed by atoms with Crippen molar-refractivity contribution >= 4 is 20.9 Å². The number of hydrogen-bond acceptors (Lipinski definition) is 3. The van der Waals surface area contributed by atoms with Crippen LogP contribution in [0.5, 0.6) is 5.75 Å². The minimum absolute atomic E-state index is 0.295. The lowest BCUT2D eigenvalue weighted by Crippen LogP contribution is -2.34. The van der Waals surface area contributed by atoms with Gasteiger partial charge in [0, 0.05) is 23.1 Å². The van der Waals surface area contributed by atoms with Crippen molar-refractivity contribution in [3.05, 3.63) is 94.7 Å². The maximum atomic E-state index is 13.2. The molecule has 0 aliphatic carbocycles. The van der Waals surface area contributed by atoms with Gasteiger partial charge in [-0.2, -0.15) is 0 Å². The van der Waals surface area contributed by atoms with E-state index in [1.54, 1.807) is 0 Å². The Morgan fingerprint density at radius 1 is 0.970 bits per heavy atom. The number of nitrogens with one attached hydrogen (secondary N) is 2. The second kappa shape index (κ2) is 9.41. The fourth-order valence-electron chi connectivity index (χ4n) is 4.52. The van der Waals surface area contributed by atoms with Gasteiger partial charge in [0.15, 0.2) is 0 Å². The standard InChI is InChI=1S/C27H30N2O3S/c1-18-13-19(2)27(20(3)14-18)33(30,31)29-21(4)15-23-16-28-24-11-8-12-25(26(23)24)32-17-22-9-6-5-7-10-22/h5-14,16,21,28-29H,15,17H2,1-4H3. The van der Waals surface area contributed by atoms with E-state index >= 15 is 0 Å². The van der Waals surface area contributed by atoms with Gasteiger partial charge in [0.05, 0.1) is 4.90 Å². The molecule has 0 fully saturated rings. The van der Waals surface area contributed by atoms with Gasteiger partial charge in [0.1, 0.15) is 12.4 Å². The van der Waals surface area contributed by atoms with E-state index in [-0.39, 0.29) is 6.04 Å². The zero-order valence-electron chi connectivity index (χ0n) is 19.5. The lowest BCUT2D eigenvalue weighted by atomic mass is 10.1. The molecule has 1 aromatic heterocycles. The number of hydrogen-bond donors (Lipinski definition) is 2. The summed E-state index contributed by atoms with van der Waals surface area (Å²) in [5, 5.41) is 0.988. The van der Waals surface area contributed by atoms with Crippen molar-refractivity contribution in [2.24, 2.45) is 0 Å². The van der Waals surface area contributed by atoms with Crippen LogP contribution >= 0.6 is 0 Å². The summed E-state index contributed by atoms with van der Waals surface area (Å²) in [7, 11) is -3.64. The molecule has 1 unspecified atom stereocenters. The van der Waals surface area contributed by atoms with E-state index in [4.69, 9.17) is 4.74 Å². The second-order valence-corrected chi connectivity index (χ2v) is 10.4. The molecule has 4 rings (SSSR count). The number of aromatic nitrogens is 1. The maximum Gasteiger partial charge on any atom is 0.241 e. The Labute approximate surface area is 195 Å². The van der Waals surface area contributed by atoms with Crippen molar-refractivity contribution < 1.29 is 13.2 Å². The van der Waals surface area contributed by atoms with E-state index in [2.05, 4.69) is 9.71 Å². The zero-order chi connectivity index (χ0) is 23.6. The summed E-state index contributed by atoms with van der Waals surface area (Å²) in [4.78, 5) is 3.66. The predicted octanol–water partition coefficient (Wildman–Crippen LogP) is 5.58. The Morgan fingerprint density at radius 2 is 1.67 bits per heavy atom. The summed E-state index contributed by atoms with van der Waals surface area (Å²) in [5.74, 6) is 0.785. The monoisotopic (exact) mass is 462 g/mol. The molecule has 5 nitrogen and oxygen atoms in total. The normalized spacial score (nSPS) is 12.7. The molecule has 1 heterocycles. The Bertz CT molecular complexity index is 1350. The molecule has 2 N–H and O–H groups in total. The molecule has 0 aliphatic rings. The van der Waals surface area contributed by atoms with Crippen LogP contribution < -0.4 is 9.46 Å². The topological polar surface area (TPSA) is 71.2 Å². The van der Waals surface area contributed by atoms with Crippen molar-refractivity contribution in [3.63, 3.8) is 0 Å². The molecule has 0 radical (unpaired) electrons. The van der Waals surface area contributed by atoms with Crippen LogP contribution in [0.2, 0.25) is 0 Å². The highest BCUT2D eigenvalue weighted by Gasteiger charge is 2.23. The van der Waals surface area contributed by atoms with Gasteiger partial charge in [-0.15, -0.1) is 0 Å². The minimum Gasteiger partial charge on any atom is -0.488 e. The van der Waals surface area contributed by atoms with Gasteiger partial charge in [0.25, 0.3) is 0 Å². The van der Waals surface area contributed by atoms with E-state index in [9.17, 15) is 8.42 Å². The van der Waals surface area contributed by atoms with Crippen LogP contribution in [0.4, 0.5) is 0 Å². The van der Waals surface area contributed by atoms with Crippen molar-refractivity contribution in [1.29, 1.82) is 0 Å². The number of benzene rings is 3. The first kappa shape index (κ1) is 23.1. The highest BCUT2D eigenvalue weighted by Crippen LogP contribution is 2.30. The van der Waals surface area contributed by atoms with E-state index in [1.807, 2.05) is 94.6 Å². The fraction of sp³-hybridized carbons (Fsp3) is 0.259. The Kier molecular flexibility index (Phi) is 6.58. The highest BCUT2D eigenvalue weighted by atomic mass is 32.2. The summed E-state index contributed by atoms with van der Waals surface area (Å²) < 4.78 is 35.4. The molecule has 172 valence electrons. The summed E-state index contributed by atoms with van der Waals surface area (Å²) in [6.45, 7) is 8.02. The Hall–Kier alpha value is -3.09. The number of H-pyrrole nitrogens is 1. The molecular formula is C27H30N2O3S. The van der Waals surface area contributed by atoms with E-state index in [0.29, 0.717) is 17.9 Å². The average molecular weight is 463 g/mol. The number of sulfonamides is 1. The third-order valence-electron chi connectivity index (χ3n) is 5.74. The number of fused-ring (bicyclic) bond motifs is 1. The maximum absolute atomic E-state index is 13.2. The largest absolute Gasteiger partial charge is 0.488 e. The minimum atomic E-state index is -3.64. The smallest absolute Gasteiger partial charge is 0.241 e. The first-order valence-electron chi connectivity index (χ1n) is 11.1. The van der Waals surface area contributed by atoms with Crippen LogP contribution in [0.15, 0.2) is 71.8 Å². The molecular weight excluding hydrogens is 432 g/mol. The van der Waals surface area contributed by atoms with E-state index < -0.39 is 10.0 Å². The molecule has 0 spiro atoms. The summed E-state index contributed by atoms with van der Waals surface area (Å²) in [6.07, 6.45) is 2.47.